The summed E-state index contributed by atoms with van der Waals surface area (Å²) in [5, 5.41) is 2.61. The van der Waals surface area contributed by atoms with Crippen LogP contribution in [0.3, 0.4) is 0 Å². The first-order chi connectivity index (χ1) is 12.0. The van der Waals surface area contributed by atoms with Gasteiger partial charge in [0.25, 0.3) is 5.91 Å². The van der Waals surface area contributed by atoms with Crippen LogP contribution in [-0.4, -0.2) is 29.8 Å². The van der Waals surface area contributed by atoms with Crippen molar-refractivity contribution in [2.75, 3.05) is 18.4 Å². The van der Waals surface area contributed by atoms with E-state index in [4.69, 9.17) is 0 Å². The minimum atomic E-state index is -0.999. The smallest absolute Gasteiger partial charge is 0.253 e. The summed E-state index contributed by atoms with van der Waals surface area (Å²) in [7, 11) is 0. The Morgan fingerprint density at radius 1 is 0.960 bits per heavy atom. The Hall–Kier alpha value is -2.76. The second kappa shape index (κ2) is 7.42. The molecule has 3 rings (SSSR count). The van der Waals surface area contributed by atoms with E-state index in [2.05, 4.69) is 5.32 Å². The molecule has 2 aromatic carbocycles. The molecule has 1 aliphatic heterocycles. The number of likely N-dealkylation sites (tertiary alicyclic amines) is 1. The Bertz CT molecular complexity index is 772. The molecule has 0 radical (unpaired) electrons. The molecule has 1 heterocycles. The summed E-state index contributed by atoms with van der Waals surface area (Å²) in [6.07, 6.45) is 1.07. The molecule has 130 valence electrons. The Labute approximate surface area is 144 Å². The zero-order chi connectivity index (χ0) is 17.8. The Balaban J connectivity index is 1.55. The molecule has 2 aromatic rings. The topological polar surface area (TPSA) is 49.4 Å². The van der Waals surface area contributed by atoms with Crippen LogP contribution in [0, 0.1) is 17.6 Å². The Morgan fingerprint density at radius 2 is 1.64 bits per heavy atom. The molecule has 1 N–H and O–H groups in total. The second-order valence-corrected chi connectivity index (χ2v) is 6.05. The maximum Gasteiger partial charge on any atom is 0.253 e. The number of hydrogen-bond acceptors (Lipinski definition) is 2. The maximum absolute atomic E-state index is 13.2. The van der Waals surface area contributed by atoms with Gasteiger partial charge in [-0.2, -0.15) is 0 Å². The molecule has 0 aliphatic carbocycles. The normalized spacial score (nSPS) is 15.0. The fourth-order valence-corrected chi connectivity index (χ4v) is 2.93. The zero-order valence-corrected chi connectivity index (χ0v) is 13.5. The molecular weight excluding hydrogens is 326 g/mol. The van der Waals surface area contributed by atoms with Crippen molar-refractivity contribution < 1.29 is 18.4 Å². The van der Waals surface area contributed by atoms with E-state index in [1.54, 1.807) is 17.0 Å². The van der Waals surface area contributed by atoms with Gasteiger partial charge in [-0.1, -0.05) is 18.2 Å². The molecule has 0 atom stereocenters. The van der Waals surface area contributed by atoms with Crippen LogP contribution >= 0.6 is 0 Å². The van der Waals surface area contributed by atoms with Gasteiger partial charge in [0, 0.05) is 36.3 Å². The summed E-state index contributed by atoms with van der Waals surface area (Å²) in [5.41, 5.74) is 0.860. The van der Waals surface area contributed by atoms with Gasteiger partial charge in [0.2, 0.25) is 5.91 Å². The van der Waals surface area contributed by atoms with Gasteiger partial charge in [-0.3, -0.25) is 9.59 Å². The van der Waals surface area contributed by atoms with Crippen LogP contribution in [0.1, 0.15) is 23.2 Å². The molecule has 25 heavy (non-hydrogen) atoms. The van der Waals surface area contributed by atoms with E-state index in [0.29, 0.717) is 31.5 Å². The van der Waals surface area contributed by atoms with Crippen LogP contribution < -0.4 is 5.32 Å². The number of nitrogens with zero attached hydrogens (tertiary/aromatic N) is 1. The van der Waals surface area contributed by atoms with E-state index >= 15 is 0 Å². The average Bonchev–Trinajstić information content (AvgIpc) is 2.65. The SMILES string of the molecule is O=C(Nc1ccc(F)c(F)c1)C1CCN(C(=O)c2ccccc2)CC1. The third kappa shape index (κ3) is 4.02. The number of rotatable bonds is 3. The molecule has 0 aromatic heterocycles. The summed E-state index contributed by atoms with van der Waals surface area (Å²) in [6.45, 7) is 0.979. The van der Waals surface area contributed by atoms with E-state index in [9.17, 15) is 18.4 Å². The lowest BCUT2D eigenvalue weighted by Crippen LogP contribution is -2.41. The maximum atomic E-state index is 13.2. The van der Waals surface area contributed by atoms with Crippen LogP contribution in [0.15, 0.2) is 48.5 Å². The van der Waals surface area contributed by atoms with Crippen LogP contribution in [0.4, 0.5) is 14.5 Å². The molecule has 0 unspecified atom stereocenters. The molecule has 1 fully saturated rings. The van der Waals surface area contributed by atoms with E-state index < -0.39 is 11.6 Å². The number of piperidine rings is 1. The second-order valence-electron chi connectivity index (χ2n) is 6.05. The third-order valence-electron chi connectivity index (χ3n) is 4.36. The van der Waals surface area contributed by atoms with Crippen LogP contribution in [0.25, 0.3) is 0 Å². The molecule has 1 aliphatic rings. The van der Waals surface area contributed by atoms with Crippen molar-refractivity contribution in [3.05, 3.63) is 65.7 Å². The monoisotopic (exact) mass is 344 g/mol. The fraction of sp³-hybridized carbons (Fsp3) is 0.263. The molecule has 2 amide bonds. The van der Waals surface area contributed by atoms with Crippen molar-refractivity contribution in [1.82, 2.24) is 4.90 Å². The van der Waals surface area contributed by atoms with Crippen molar-refractivity contribution in [3.8, 4) is 0 Å². The number of benzene rings is 2. The highest BCUT2D eigenvalue weighted by atomic mass is 19.2. The number of anilines is 1. The average molecular weight is 344 g/mol. The number of carbonyl (C=O) groups is 2. The first-order valence-corrected chi connectivity index (χ1v) is 8.15. The largest absolute Gasteiger partial charge is 0.339 e. The predicted molar refractivity (Wildman–Crippen MR) is 90.1 cm³/mol. The van der Waals surface area contributed by atoms with Gasteiger partial charge < -0.3 is 10.2 Å². The third-order valence-corrected chi connectivity index (χ3v) is 4.36. The lowest BCUT2D eigenvalue weighted by atomic mass is 9.95. The summed E-state index contributed by atoms with van der Waals surface area (Å²) in [6, 6.07) is 12.3. The van der Waals surface area contributed by atoms with Gasteiger partial charge in [0.15, 0.2) is 11.6 Å². The van der Waals surface area contributed by atoms with Gasteiger partial charge in [0.05, 0.1) is 0 Å². The minimum absolute atomic E-state index is 0.0416. The van der Waals surface area contributed by atoms with Crippen molar-refractivity contribution >= 4 is 17.5 Å². The summed E-state index contributed by atoms with van der Waals surface area (Å²) in [5.74, 6) is -2.49. The first-order valence-electron chi connectivity index (χ1n) is 8.15. The predicted octanol–water partition coefficient (Wildman–Crippen LogP) is 3.46. The van der Waals surface area contributed by atoms with E-state index in [1.807, 2.05) is 18.2 Å². The fourth-order valence-electron chi connectivity index (χ4n) is 2.93. The van der Waals surface area contributed by atoms with Gasteiger partial charge >= 0.3 is 0 Å². The quantitative estimate of drug-likeness (QED) is 0.927. The molecule has 6 heteroatoms. The standard InChI is InChI=1S/C19H18F2N2O2/c20-16-7-6-15(12-17(16)21)22-18(24)13-8-10-23(11-9-13)19(25)14-4-2-1-3-5-14/h1-7,12-13H,8-11H2,(H,22,24). The van der Waals surface area contributed by atoms with Gasteiger partial charge in [-0.05, 0) is 37.1 Å². The Morgan fingerprint density at radius 3 is 2.28 bits per heavy atom. The number of hydrogen-bond donors (Lipinski definition) is 1. The number of halogens is 2. The highest BCUT2D eigenvalue weighted by Gasteiger charge is 2.27. The lowest BCUT2D eigenvalue weighted by Gasteiger charge is -2.31. The van der Waals surface area contributed by atoms with Gasteiger partial charge in [-0.15, -0.1) is 0 Å². The minimum Gasteiger partial charge on any atom is -0.339 e. The number of nitrogens with one attached hydrogen (secondary N) is 1. The molecular formula is C19H18F2N2O2. The number of amides is 2. The molecule has 4 nitrogen and oxygen atoms in total. The van der Waals surface area contributed by atoms with E-state index in [1.165, 1.54) is 6.07 Å². The molecule has 0 bridgehead atoms. The zero-order valence-electron chi connectivity index (χ0n) is 13.5. The first kappa shape index (κ1) is 17.1. The summed E-state index contributed by atoms with van der Waals surface area (Å²) >= 11 is 0. The van der Waals surface area contributed by atoms with Crippen molar-refractivity contribution in [3.63, 3.8) is 0 Å². The van der Waals surface area contributed by atoms with Crippen LogP contribution in [-0.2, 0) is 4.79 Å². The Kier molecular flexibility index (Phi) is 5.07. The highest BCUT2D eigenvalue weighted by molar-refractivity contribution is 5.95. The molecule has 0 saturated carbocycles. The number of carbonyl (C=O) groups excluding carboxylic acids is 2. The van der Waals surface area contributed by atoms with Crippen molar-refractivity contribution in [1.29, 1.82) is 0 Å². The van der Waals surface area contributed by atoms with Crippen LogP contribution in [0.2, 0.25) is 0 Å². The van der Waals surface area contributed by atoms with Crippen molar-refractivity contribution in [2.45, 2.75) is 12.8 Å². The molecule has 0 spiro atoms. The van der Waals surface area contributed by atoms with E-state index in [0.717, 1.165) is 12.1 Å². The lowest BCUT2D eigenvalue weighted by molar-refractivity contribution is -0.121. The highest BCUT2D eigenvalue weighted by Crippen LogP contribution is 2.21. The van der Waals surface area contributed by atoms with Gasteiger partial charge in [0.1, 0.15) is 0 Å². The summed E-state index contributed by atoms with van der Waals surface area (Å²) < 4.78 is 26.1. The van der Waals surface area contributed by atoms with Crippen molar-refractivity contribution in [2.24, 2.45) is 5.92 Å². The summed E-state index contributed by atoms with van der Waals surface area (Å²) in [4.78, 5) is 26.4. The van der Waals surface area contributed by atoms with Gasteiger partial charge in [-0.25, -0.2) is 8.78 Å². The molecule has 1 saturated heterocycles. The van der Waals surface area contributed by atoms with E-state index in [-0.39, 0.29) is 23.4 Å². The van der Waals surface area contributed by atoms with Crippen LogP contribution in [0.5, 0.6) is 0 Å².